The van der Waals surface area contributed by atoms with Crippen LogP contribution in [0, 0.1) is 0 Å². The summed E-state index contributed by atoms with van der Waals surface area (Å²) in [5, 5.41) is 2.63. The van der Waals surface area contributed by atoms with Crippen molar-refractivity contribution in [2.45, 2.75) is 17.1 Å². The molecule has 0 radical (unpaired) electrons. The first-order valence-electron chi connectivity index (χ1n) is 7.77. The summed E-state index contributed by atoms with van der Waals surface area (Å²) < 4.78 is 38.8. The summed E-state index contributed by atoms with van der Waals surface area (Å²) in [6, 6.07) is 9.46. The topological polar surface area (TPSA) is 46.9 Å². The van der Waals surface area contributed by atoms with Crippen molar-refractivity contribution in [3.05, 3.63) is 69.6 Å². The van der Waals surface area contributed by atoms with E-state index < -0.39 is 12.2 Å². The standard InChI is InChI=1S/C9H9ClF3N.C9H8N2OS/c1-14-8(9(11,12)13)6-2-4-7(10)5-3-6;1-11-8-3-2-6(13)4-7(8)10-5-9(11)12/h2-5,8,14H,1H3;2-5,13H,1H3/t8-;/m1./s1. The molecule has 0 unspecified atom stereocenters. The molecule has 144 valence electrons. The molecule has 3 aromatic rings. The van der Waals surface area contributed by atoms with Crippen LogP contribution in [0.3, 0.4) is 0 Å². The molecular formula is C18H17ClF3N3OS. The Balaban J connectivity index is 0.000000194. The molecule has 1 heterocycles. The molecule has 3 rings (SSSR count). The number of hydrogen-bond acceptors (Lipinski definition) is 4. The molecule has 2 aromatic carbocycles. The van der Waals surface area contributed by atoms with E-state index in [2.05, 4.69) is 22.9 Å². The summed E-state index contributed by atoms with van der Waals surface area (Å²) in [5.74, 6) is 0. The second kappa shape index (κ2) is 8.77. The van der Waals surface area contributed by atoms with E-state index in [4.69, 9.17) is 11.6 Å². The molecule has 0 saturated carbocycles. The average molecular weight is 416 g/mol. The maximum absolute atomic E-state index is 12.4. The van der Waals surface area contributed by atoms with Gasteiger partial charge in [0.25, 0.3) is 5.56 Å². The Morgan fingerprint density at radius 1 is 1.19 bits per heavy atom. The average Bonchev–Trinajstić information content (AvgIpc) is 2.60. The molecule has 0 aliphatic carbocycles. The Bertz CT molecular complexity index is 974. The van der Waals surface area contributed by atoms with Gasteiger partial charge in [-0.05, 0) is 42.9 Å². The van der Waals surface area contributed by atoms with Crippen molar-refractivity contribution in [2.75, 3.05) is 7.05 Å². The van der Waals surface area contributed by atoms with Crippen molar-refractivity contribution in [3.63, 3.8) is 0 Å². The van der Waals surface area contributed by atoms with Gasteiger partial charge < -0.3 is 9.88 Å². The minimum absolute atomic E-state index is 0.0978. The summed E-state index contributed by atoms with van der Waals surface area (Å²) in [7, 11) is 3.00. The van der Waals surface area contributed by atoms with Gasteiger partial charge in [-0.25, -0.2) is 4.98 Å². The number of thiol groups is 1. The van der Waals surface area contributed by atoms with Gasteiger partial charge in [-0.3, -0.25) is 4.79 Å². The van der Waals surface area contributed by atoms with Crippen molar-refractivity contribution < 1.29 is 13.2 Å². The highest BCUT2D eigenvalue weighted by molar-refractivity contribution is 7.80. The molecule has 27 heavy (non-hydrogen) atoms. The number of nitrogens with zero attached hydrogens (tertiary/aromatic N) is 2. The van der Waals surface area contributed by atoms with E-state index in [0.717, 1.165) is 15.9 Å². The summed E-state index contributed by atoms with van der Waals surface area (Å²) in [4.78, 5) is 16.1. The number of aromatic nitrogens is 2. The van der Waals surface area contributed by atoms with Crippen LogP contribution < -0.4 is 10.9 Å². The molecule has 0 saturated heterocycles. The minimum atomic E-state index is -4.29. The van der Waals surface area contributed by atoms with Crippen molar-refractivity contribution in [3.8, 4) is 0 Å². The van der Waals surface area contributed by atoms with Gasteiger partial charge >= 0.3 is 6.18 Å². The SMILES string of the molecule is CN[C@H](c1ccc(Cl)cc1)C(F)(F)F.Cn1c(=O)cnc2cc(S)ccc21. The zero-order valence-electron chi connectivity index (χ0n) is 14.5. The Morgan fingerprint density at radius 2 is 1.81 bits per heavy atom. The van der Waals surface area contributed by atoms with E-state index in [0.29, 0.717) is 5.02 Å². The van der Waals surface area contributed by atoms with Gasteiger partial charge in [0.1, 0.15) is 6.04 Å². The molecule has 1 N–H and O–H groups in total. The zero-order valence-corrected chi connectivity index (χ0v) is 16.1. The van der Waals surface area contributed by atoms with Crippen molar-refractivity contribution in [1.82, 2.24) is 14.9 Å². The fraction of sp³-hybridized carbons (Fsp3) is 0.222. The van der Waals surface area contributed by atoms with E-state index >= 15 is 0 Å². The number of aryl methyl sites for hydroxylation is 1. The highest BCUT2D eigenvalue weighted by Crippen LogP contribution is 2.32. The number of hydrogen-bond donors (Lipinski definition) is 2. The lowest BCUT2D eigenvalue weighted by molar-refractivity contribution is -0.156. The van der Waals surface area contributed by atoms with Crippen molar-refractivity contribution in [2.24, 2.45) is 7.05 Å². The van der Waals surface area contributed by atoms with Crippen LogP contribution in [0.2, 0.25) is 5.02 Å². The first-order chi connectivity index (χ1) is 12.6. The van der Waals surface area contributed by atoms with Crippen LogP contribution in [-0.4, -0.2) is 22.8 Å². The maximum atomic E-state index is 12.4. The van der Waals surface area contributed by atoms with Crippen LogP contribution in [0.5, 0.6) is 0 Å². The highest BCUT2D eigenvalue weighted by Gasteiger charge is 2.39. The molecule has 0 fully saturated rings. The van der Waals surface area contributed by atoms with E-state index in [1.807, 2.05) is 18.2 Å². The lowest BCUT2D eigenvalue weighted by Gasteiger charge is -2.19. The van der Waals surface area contributed by atoms with Gasteiger partial charge in [0.05, 0.1) is 17.2 Å². The van der Waals surface area contributed by atoms with Crippen LogP contribution in [-0.2, 0) is 7.05 Å². The van der Waals surface area contributed by atoms with Gasteiger partial charge in [-0.15, -0.1) is 12.6 Å². The van der Waals surface area contributed by atoms with Gasteiger partial charge in [0.15, 0.2) is 0 Å². The summed E-state index contributed by atoms with van der Waals surface area (Å²) in [5.41, 5.74) is 1.67. The Kier molecular flexibility index (Phi) is 6.91. The van der Waals surface area contributed by atoms with Crippen LogP contribution in [0.4, 0.5) is 13.2 Å². The predicted molar refractivity (Wildman–Crippen MR) is 104 cm³/mol. The van der Waals surface area contributed by atoms with E-state index in [1.165, 1.54) is 37.5 Å². The fourth-order valence-electron chi connectivity index (χ4n) is 2.40. The summed E-state index contributed by atoms with van der Waals surface area (Å²) in [6.45, 7) is 0. The Hall–Kier alpha value is -2.03. The Morgan fingerprint density at radius 3 is 2.37 bits per heavy atom. The third-order valence-electron chi connectivity index (χ3n) is 3.78. The fourth-order valence-corrected chi connectivity index (χ4v) is 2.73. The number of benzene rings is 2. The molecule has 0 bridgehead atoms. The van der Waals surface area contributed by atoms with Gasteiger partial charge in [-0.1, -0.05) is 23.7 Å². The third kappa shape index (κ3) is 5.47. The van der Waals surface area contributed by atoms with Crippen LogP contribution in [0.25, 0.3) is 11.0 Å². The lowest BCUT2D eigenvalue weighted by Crippen LogP contribution is -2.31. The van der Waals surface area contributed by atoms with Gasteiger partial charge in [-0.2, -0.15) is 13.2 Å². The molecule has 1 atom stereocenters. The largest absolute Gasteiger partial charge is 0.407 e. The highest BCUT2D eigenvalue weighted by atomic mass is 35.5. The molecule has 9 heteroatoms. The second-order valence-electron chi connectivity index (χ2n) is 5.64. The molecule has 0 spiro atoms. The summed E-state index contributed by atoms with van der Waals surface area (Å²) >= 11 is 9.77. The number of fused-ring (bicyclic) bond motifs is 1. The molecule has 0 amide bonds. The molecule has 0 aliphatic rings. The first-order valence-corrected chi connectivity index (χ1v) is 8.60. The smallest absolute Gasteiger partial charge is 0.309 e. The Labute approximate surface area is 164 Å². The van der Waals surface area contributed by atoms with Crippen molar-refractivity contribution >= 4 is 35.3 Å². The van der Waals surface area contributed by atoms with Crippen LogP contribution >= 0.6 is 24.2 Å². The monoisotopic (exact) mass is 415 g/mol. The van der Waals surface area contributed by atoms with E-state index in [-0.39, 0.29) is 11.1 Å². The third-order valence-corrected chi connectivity index (χ3v) is 4.31. The molecule has 0 aliphatic heterocycles. The number of alkyl halides is 3. The number of halogens is 4. The molecule has 4 nitrogen and oxygen atoms in total. The zero-order chi connectivity index (χ0) is 20.2. The quantitative estimate of drug-likeness (QED) is 0.610. The minimum Gasteiger partial charge on any atom is -0.309 e. The van der Waals surface area contributed by atoms with E-state index in [1.54, 1.807) is 11.6 Å². The number of nitrogens with one attached hydrogen (secondary N) is 1. The number of rotatable bonds is 2. The van der Waals surface area contributed by atoms with E-state index in [9.17, 15) is 18.0 Å². The lowest BCUT2D eigenvalue weighted by atomic mass is 10.1. The molecular weight excluding hydrogens is 399 g/mol. The normalized spacial score (nSPS) is 12.4. The van der Waals surface area contributed by atoms with Crippen molar-refractivity contribution in [1.29, 1.82) is 0 Å². The predicted octanol–water partition coefficient (Wildman–Crippen LogP) is 4.39. The molecule has 1 aromatic heterocycles. The second-order valence-corrected chi connectivity index (χ2v) is 6.60. The van der Waals surface area contributed by atoms with Crippen LogP contribution in [0.15, 0.2) is 58.4 Å². The summed E-state index contributed by atoms with van der Waals surface area (Å²) in [6.07, 6.45) is -2.97. The van der Waals surface area contributed by atoms with Gasteiger partial charge in [0.2, 0.25) is 0 Å². The maximum Gasteiger partial charge on any atom is 0.407 e. The van der Waals surface area contributed by atoms with Gasteiger partial charge in [0, 0.05) is 17.0 Å². The first kappa shape index (κ1) is 21.3. The van der Waals surface area contributed by atoms with Crippen LogP contribution in [0.1, 0.15) is 11.6 Å².